The molecule has 0 saturated carbocycles. The Bertz CT molecular complexity index is 551. The van der Waals surface area contributed by atoms with E-state index in [1.54, 1.807) is 0 Å². The molecule has 0 aromatic heterocycles. The molecule has 1 atom stereocenters. The van der Waals surface area contributed by atoms with Crippen LogP contribution in [0.1, 0.15) is 31.4 Å². The van der Waals surface area contributed by atoms with E-state index in [-0.39, 0.29) is 11.9 Å². The third-order valence-electron chi connectivity index (χ3n) is 4.90. The van der Waals surface area contributed by atoms with E-state index in [9.17, 15) is 4.39 Å². The van der Waals surface area contributed by atoms with Gasteiger partial charge in [0.1, 0.15) is 5.82 Å². The molecule has 3 rings (SSSR count). The molecule has 138 valence electrons. The summed E-state index contributed by atoms with van der Waals surface area (Å²) in [5.41, 5.74) is 1.12. The summed E-state index contributed by atoms with van der Waals surface area (Å²) in [5, 5.41) is 3.42. The van der Waals surface area contributed by atoms with Gasteiger partial charge in [-0.15, -0.1) is 0 Å². The largest absolute Gasteiger partial charge is 0.379 e. The molecule has 1 aromatic rings. The highest BCUT2D eigenvalue weighted by molar-refractivity contribution is 5.80. The fraction of sp³-hybridized carbons (Fsp3) is 0.632. The second-order valence-electron chi connectivity index (χ2n) is 6.60. The van der Waals surface area contributed by atoms with Crippen LogP contribution in [0.15, 0.2) is 29.3 Å². The summed E-state index contributed by atoms with van der Waals surface area (Å²) < 4.78 is 18.8. The van der Waals surface area contributed by atoms with Crippen molar-refractivity contribution in [3.05, 3.63) is 35.6 Å². The minimum absolute atomic E-state index is 0.153. The molecule has 25 heavy (non-hydrogen) atoms. The van der Waals surface area contributed by atoms with Gasteiger partial charge < -0.3 is 15.0 Å². The molecular formula is C19H29FN4O. The highest BCUT2D eigenvalue weighted by Crippen LogP contribution is 2.23. The summed E-state index contributed by atoms with van der Waals surface area (Å²) in [6.07, 6.45) is 2.46. The molecule has 1 N–H and O–H groups in total. The van der Waals surface area contributed by atoms with E-state index in [0.717, 1.165) is 57.5 Å². The predicted molar refractivity (Wildman–Crippen MR) is 98.3 cm³/mol. The van der Waals surface area contributed by atoms with Crippen molar-refractivity contribution in [2.75, 3.05) is 52.5 Å². The first-order valence-corrected chi connectivity index (χ1v) is 9.38. The summed E-state index contributed by atoms with van der Waals surface area (Å²) in [7, 11) is 0. The van der Waals surface area contributed by atoms with Crippen molar-refractivity contribution in [3.63, 3.8) is 0 Å². The Kier molecular flexibility index (Phi) is 6.64. The summed E-state index contributed by atoms with van der Waals surface area (Å²) in [6, 6.07) is 7.00. The van der Waals surface area contributed by atoms with Gasteiger partial charge in [-0.1, -0.05) is 12.1 Å². The van der Waals surface area contributed by atoms with Gasteiger partial charge in [-0.2, -0.15) is 0 Å². The van der Waals surface area contributed by atoms with Crippen molar-refractivity contribution in [2.45, 2.75) is 25.8 Å². The fourth-order valence-corrected chi connectivity index (χ4v) is 3.53. The van der Waals surface area contributed by atoms with Gasteiger partial charge in [0.25, 0.3) is 0 Å². The first-order valence-electron chi connectivity index (χ1n) is 9.38. The lowest BCUT2D eigenvalue weighted by Crippen LogP contribution is -2.42. The van der Waals surface area contributed by atoms with Crippen LogP contribution in [-0.2, 0) is 4.74 Å². The van der Waals surface area contributed by atoms with Crippen LogP contribution < -0.4 is 5.32 Å². The van der Waals surface area contributed by atoms with Crippen LogP contribution in [0.3, 0.4) is 0 Å². The van der Waals surface area contributed by atoms with Gasteiger partial charge in [0, 0.05) is 32.7 Å². The van der Waals surface area contributed by atoms with Crippen LogP contribution in [-0.4, -0.2) is 68.2 Å². The quantitative estimate of drug-likeness (QED) is 0.655. The van der Waals surface area contributed by atoms with Gasteiger partial charge in [0.05, 0.1) is 25.8 Å². The molecule has 2 aliphatic heterocycles. The van der Waals surface area contributed by atoms with Crippen molar-refractivity contribution in [1.82, 2.24) is 15.1 Å². The topological polar surface area (TPSA) is 40.1 Å². The second-order valence-corrected chi connectivity index (χ2v) is 6.60. The maximum Gasteiger partial charge on any atom is 0.193 e. The molecule has 2 heterocycles. The van der Waals surface area contributed by atoms with Gasteiger partial charge in [0.15, 0.2) is 5.96 Å². The van der Waals surface area contributed by atoms with E-state index < -0.39 is 0 Å². The summed E-state index contributed by atoms with van der Waals surface area (Å²) in [4.78, 5) is 9.66. The number of halogens is 1. The summed E-state index contributed by atoms with van der Waals surface area (Å²) >= 11 is 0. The van der Waals surface area contributed by atoms with Gasteiger partial charge in [0.2, 0.25) is 0 Å². The Hall–Kier alpha value is -1.66. The lowest BCUT2D eigenvalue weighted by atomic mass is 10.0. The number of nitrogens with zero attached hydrogens (tertiary/aromatic N) is 3. The van der Waals surface area contributed by atoms with Crippen LogP contribution in [0.5, 0.6) is 0 Å². The van der Waals surface area contributed by atoms with Crippen LogP contribution in [0.25, 0.3) is 0 Å². The maximum atomic E-state index is 13.3. The Morgan fingerprint density at radius 1 is 1.16 bits per heavy atom. The van der Waals surface area contributed by atoms with Gasteiger partial charge in [-0.05, 0) is 37.5 Å². The minimum Gasteiger partial charge on any atom is -0.379 e. The summed E-state index contributed by atoms with van der Waals surface area (Å²) in [5.74, 6) is 0.804. The standard InChI is InChI=1S/C19H29FN4O/c1-2-21-19(24-9-3-4-10-24)22-15-18(23-11-13-25-14-12-23)16-5-7-17(20)8-6-16/h5-8,18H,2-4,9-15H2,1H3,(H,21,22). The highest BCUT2D eigenvalue weighted by atomic mass is 19.1. The molecular weight excluding hydrogens is 319 g/mol. The second kappa shape index (κ2) is 9.15. The fourth-order valence-electron chi connectivity index (χ4n) is 3.53. The number of likely N-dealkylation sites (tertiary alicyclic amines) is 1. The molecule has 0 radical (unpaired) electrons. The molecule has 5 nitrogen and oxygen atoms in total. The highest BCUT2D eigenvalue weighted by Gasteiger charge is 2.23. The van der Waals surface area contributed by atoms with E-state index in [0.29, 0.717) is 6.54 Å². The average molecular weight is 348 g/mol. The van der Waals surface area contributed by atoms with Crippen molar-refractivity contribution < 1.29 is 9.13 Å². The molecule has 0 spiro atoms. The third kappa shape index (κ3) is 4.92. The first kappa shape index (κ1) is 18.1. The maximum absolute atomic E-state index is 13.3. The number of hydrogen-bond donors (Lipinski definition) is 1. The molecule has 1 aromatic carbocycles. The lowest BCUT2D eigenvalue weighted by Gasteiger charge is -2.34. The minimum atomic E-state index is -0.196. The van der Waals surface area contributed by atoms with Crippen LogP contribution in [0, 0.1) is 5.82 Å². The number of hydrogen-bond acceptors (Lipinski definition) is 3. The number of guanidine groups is 1. The zero-order chi connectivity index (χ0) is 17.5. The van der Waals surface area contributed by atoms with E-state index in [1.807, 2.05) is 12.1 Å². The Morgan fingerprint density at radius 2 is 1.84 bits per heavy atom. The number of nitrogens with one attached hydrogen (secondary N) is 1. The number of rotatable bonds is 5. The van der Waals surface area contributed by atoms with Gasteiger partial charge >= 0.3 is 0 Å². The normalized spacial score (nSPS) is 20.7. The molecule has 2 fully saturated rings. The number of morpholine rings is 1. The van der Waals surface area contributed by atoms with Crippen molar-refractivity contribution >= 4 is 5.96 Å². The zero-order valence-electron chi connectivity index (χ0n) is 15.1. The van der Waals surface area contributed by atoms with E-state index in [4.69, 9.17) is 9.73 Å². The number of ether oxygens (including phenoxy) is 1. The van der Waals surface area contributed by atoms with E-state index >= 15 is 0 Å². The van der Waals surface area contributed by atoms with Crippen molar-refractivity contribution in [2.24, 2.45) is 4.99 Å². The molecule has 2 aliphatic rings. The molecule has 0 amide bonds. The zero-order valence-corrected chi connectivity index (χ0v) is 15.1. The van der Waals surface area contributed by atoms with Gasteiger partial charge in [-0.3, -0.25) is 9.89 Å². The molecule has 0 aliphatic carbocycles. The Morgan fingerprint density at radius 3 is 2.48 bits per heavy atom. The lowest BCUT2D eigenvalue weighted by molar-refractivity contribution is 0.0179. The predicted octanol–water partition coefficient (Wildman–Crippen LogP) is 2.26. The van der Waals surface area contributed by atoms with Gasteiger partial charge in [-0.25, -0.2) is 4.39 Å². The monoisotopic (exact) mass is 348 g/mol. The smallest absolute Gasteiger partial charge is 0.193 e. The van der Waals surface area contributed by atoms with Crippen LogP contribution in [0.2, 0.25) is 0 Å². The Labute approximate surface area is 149 Å². The van der Waals surface area contributed by atoms with E-state index in [2.05, 4.69) is 22.0 Å². The molecule has 1 unspecified atom stereocenters. The van der Waals surface area contributed by atoms with Crippen LogP contribution in [0.4, 0.5) is 4.39 Å². The van der Waals surface area contributed by atoms with Crippen molar-refractivity contribution in [3.8, 4) is 0 Å². The number of aliphatic imine (C=N–C) groups is 1. The molecule has 0 bridgehead atoms. The molecule has 2 saturated heterocycles. The SMILES string of the molecule is CCNC(=NCC(c1ccc(F)cc1)N1CCOCC1)N1CCCC1. The first-order chi connectivity index (χ1) is 12.3. The number of benzene rings is 1. The van der Waals surface area contributed by atoms with E-state index in [1.165, 1.54) is 25.0 Å². The van der Waals surface area contributed by atoms with Crippen molar-refractivity contribution in [1.29, 1.82) is 0 Å². The summed E-state index contributed by atoms with van der Waals surface area (Å²) in [6.45, 7) is 9.05. The van der Waals surface area contributed by atoms with Crippen LogP contribution >= 0.6 is 0 Å². The molecule has 6 heteroatoms. The third-order valence-corrected chi connectivity index (χ3v) is 4.90. The average Bonchev–Trinajstić information content (AvgIpc) is 3.18. The Balaban J connectivity index is 1.77.